The van der Waals surface area contributed by atoms with E-state index in [4.69, 9.17) is 0 Å². The molecule has 0 amide bonds. The first-order chi connectivity index (χ1) is 10.7. The Kier molecular flexibility index (Phi) is 5.61. The quantitative estimate of drug-likeness (QED) is 0.605. The van der Waals surface area contributed by atoms with Crippen LogP contribution in [0, 0.1) is 13.8 Å². The number of aromatic hydroxyl groups is 1. The Balaban J connectivity index is 2.32. The molecule has 2 aromatic rings. The summed E-state index contributed by atoms with van der Waals surface area (Å²) in [6, 6.07) is 9.71. The van der Waals surface area contributed by atoms with Crippen molar-refractivity contribution in [2.75, 3.05) is 12.9 Å². The lowest BCUT2D eigenvalue weighted by Gasteiger charge is -2.15. The van der Waals surface area contributed by atoms with Gasteiger partial charge in [0, 0.05) is 24.1 Å². The summed E-state index contributed by atoms with van der Waals surface area (Å²) in [4.78, 5) is 10.6. The van der Waals surface area contributed by atoms with Crippen LogP contribution < -0.4 is 0 Å². The monoisotopic (exact) mass is 350 g/mol. The van der Waals surface area contributed by atoms with Gasteiger partial charge in [-0.2, -0.15) is 0 Å². The number of aryl methyl sites for hydroxylation is 2. The van der Waals surface area contributed by atoms with Gasteiger partial charge in [0.1, 0.15) is 5.75 Å². The van der Waals surface area contributed by atoms with Gasteiger partial charge in [-0.1, -0.05) is 18.2 Å². The Labute approximate surface area is 142 Å². The van der Waals surface area contributed by atoms with E-state index in [0.29, 0.717) is 12.2 Å². The normalized spacial score (nSPS) is 13.8. The van der Waals surface area contributed by atoms with Crippen LogP contribution in [0.1, 0.15) is 27.8 Å². The minimum absolute atomic E-state index is 0.197. The van der Waals surface area contributed by atoms with Gasteiger partial charge in [-0.3, -0.25) is 4.57 Å². The van der Waals surface area contributed by atoms with Crippen molar-refractivity contribution in [2.24, 2.45) is 0 Å². The van der Waals surface area contributed by atoms with Crippen LogP contribution in [-0.4, -0.2) is 22.9 Å². The predicted molar refractivity (Wildman–Crippen MR) is 98.1 cm³/mol. The van der Waals surface area contributed by atoms with Gasteiger partial charge in [-0.05, 0) is 60.1 Å². The van der Waals surface area contributed by atoms with Crippen molar-refractivity contribution in [3.8, 4) is 5.75 Å². The molecule has 0 aromatic heterocycles. The molecule has 0 fully saturated rings. The van der Waals surface area contributed by atoms with Crippen molar-refractivity contribution < 1.29 is 14.6 Å². The standard InChI is InChI=1S/C18H23O3PS/c1-12-7-14(11-22(3,20)21)8-13(2)17(12)9-15-5-6-16(23-4)10-18(15)19/h5-8,10,19H,9,11H2,1-4H3,(H,20,21). The summed E-state index contributed by atoms with van der Waals surface area (Å²) in [5, 5.41) is 10.2. The van der Waals surface area contributed by atoms with E-state index in [1.54, 1.807) is 17.8 Å². The highest BCUT2D eigenvalue weighted by molar-refractivity contribution is 7.98. The first kappa shape index (κ1) is 18.1. The van der Waals surface area contributed by atoms with Gasteiger partial charge < -0.3 is 10.00 Å². The van der Waals surface area contributed by atoms with E-state index in [1.807, 2.05) is 44.4 Å². The topological polar surface area (TPSA) is 57.5 Å². The van der Waals surface area contributed by atoms with Gasteiger partial charge >= 0.3 is 0 Å². The lowest BCUT2D eigenvalue weighted by Crippen LogP contribution is -1.99. The molecule has 0 aliphatic heterocycles. The molecule has 5 heteroatoms. The van der Waals surface area contributed by atoms with Gasteiger partial charge in [-0.25, -0.2) is 0 Å². The van der Waals surface area contributed by atoms with Crippen molar-refractivity contribution in [2.45, 2.75) is 31.3 Å². The first-order valence-electron chi connectivity index (χ1n) is 7.44. The maximum absolute atomic E-state index is 11.6. The lowest BCUT2D eigenvalue weighted by molar-refractivity contribution is 0.468. The van der Waals surface area contributed by atoms with Gasteiger partial charge in [-0.15, -0.1) is 11.8 Å². The average molecular weight is 350 g/mol. The van der Waals surface area contributed by atoms with Crippen LogP contribution in [0.25, 0.3) is 0 Å². The minimum atomic E-state index is -3.07. The smallest absolute Gasteiger partial charge is 0.201 e. The first-order valence-corrected chi connectivity index (χ1v) is 11.0. The van der Waals surface area contributed by atoms with Gasteiger partial charge in [0.25, 0.3) is 0 Å². The summed E-state index contributed by atoms with van der Waals surface area (Å²) in [6.45, 7) is 5.41. The highest BCUT2D eigenvalue weighted by atomic mass is 32.2. The largest absolute Gasteiger partial charge is 0.508 e. The van der Waals surface area contributed by atoms with Crippen molar-refractivity contribution in [1.29, 1.82) is 0 Å². The molecule has 0 aliphatic rings. The SMILES string of the molecule is CSc1ccc(Cc2c(C)cc(CP(C)(=O)O)cc2C)c(O)c1. The van der Waals surface area contributed by atoms with Crippen molar-refractivity contribution in [3.63, 3.8) is 0 Å². The lowest BCUT2D eigenvalue weighted by atomic mass is 9.94. The van der Waals surface area contributed by atoms with Crippen molar-refractivity contribution >= 4 is 19.1 Å². The van der Waals surface area contributed by atoms with Gasteiger partial charge in [0.2, 0.25) is 7.37 Å². The second-order valence-electron chi connectivity index (χ2n) is 6.09. The maximum atomic E-state index is 11.6. The Morgan fingerprint density at radius 2 is 1.74 bits per heavy atom. The summed E-state index contributed by atoms with van der Waals surface area (Å²) in [5.74, 6) is 0.313. The molecule has 0 radical (unpaired) electrons. The average Bonchev–Trinajstić information content (AvgIpc) is 2.42. The predicted octanol–water partition coefficient (Wildman–Crippen LogP) is 4.72. The molecular weight excluding hydrogens is 327 g/mol. The second-order valence-corrected chi connectivity index (χ2v) is 9.39. The van der Waals surface area contributed by atoms with E-state index in [0.717, 1.165) is 32.7 Å². The van der Waals surface area contributed by atoms with Crippen LogP contribution in [0.5, 0.6) is 5.75 Å². The molecule has 2 aromatic carbocycles. The number of phenols is 1. The molecule has 23 heavy (non-hydrogen) atoms. The summed E-state index contributed by atoms with van der Waals surface area (Å²) >= 11 is 1.60. The molecule has 1 atom stereocenters. The number of hydrogen-bond donors (Lipinski definition) is 2. The number of benzene rings is 2. The van der Waals surface area contributed by atoms with E-state index < -0.39 is 7.37 Å². The molecular formula is C18H23O3PS. The fourth-order valence-corrected chi connectivity index (χ4v) is 4.10. The molecule has 1 unspecified atom stereocenters. The van der Waals surface area contributed by atoms with Crippen molar-refractivity contribution in [1.82, 2.24) is 0 Å². The molecule has 124 valence electrons. The van der Waals surface area contributed by atoms with E-state index in [-0.39, 0.29) is 6.16 Å². The van der Waals surface area contributed by atoms with Gasteiger partial charge in [0.05, 0.1) is 0 Å². The summed E-state index contributed by atoms with van der Waals surface area (Å²) < 4.78 is 11.6. The Morgan fingerprint density at radius 3 is 2.22 bits per heavy atom. The molecule has 0 saturated carbocycles. The van der Waals surface area contributed by atoms with Crippen LogP contribution in [0.2, 0.25) is 0 Å². The summed E-state index contributed by atoms with van der Waals surface area (Å²) in [6.07, 6.45) is 2.83. The number of hydrogen-bond acceptors (Lipinski definition) is 3. The third kappa shape index (κ3) is 4.87. The van der Waals surface area contributed by atoms with Crippen LogP contribution >= 0.6 is 19.1 Å². The van der Waals surface area contributed by atoms with E-state index in [9.17, 15) is 14.6 Å². The maximum Gasteiger partial charge on any atom is 0.201 e. The zero-order chi connectivity index (χ0) is 17.2. The number of rotatable bonds is 5. The molecule has 0 heterocycles. The highest BCUT2D eigenvalue weighted by Gasteiger charge is 2.14. The van der Waals surface area contributed by atoms with E-state index in [2.05, 4.69) is 0 Å². The number of phenolic OH excluding ortho intramolecular Hbond substituents is 1. The zero-order valence-corrected chi connectivity index (χ0v) is 15.7. The molecule has 0 bridgehead atoms. The highest BCUT2D eigenvalue weighted by Crippen LogP contribution is 2.40. The molecule has 0 aliphatic carbocycles. The second kappa shape index (κ2) is 7.12. The molecule has 2 rings (SSSR count). The van der Waals surface area contributed by atoms with Gasteiger partial charge in [0.15, 0.2) is 0 Å². The third-order valence-corrected chi connectivity index (χ3v) is 5.57. The van der Waals surface area contributed by atoms with Crippen LogP contribution in [0.15, 0.2) is 35.2 Å². The Bertz CT molecular complexity index is 742. The molecule has 2 N–H and O–H groups in total. The van der Waals surface area contributed by atoms with E-state index in [1.165, 1.54) is 6.66 Å². The van der Waals surface area contributed by atoms with Crippen LogP contribution in [0.4, 0.5) is 0 Å². The molecule has 0 saturated heterocycles. The third-order valence-electron chi connectivity index (χ3n) is 3.89. The van der Waals surface area contributed by atoms with Crippen molar-refractivity contribution in [3.05, 3.63) is 58.1 Å². The molecule has 0 spiro atoms. The summed E-state index contributed by atoms with van der Waals surface area (Å²) in [7, 11) is -3.07. The fraction of sp³-hybridized carbons (Fsp3) is 0.333. The zero-order valence-electron chi connectivity index (χ0n) is 14.0. The van der Waals surface area contributed by atoms with Crippen LogP contribution in [0.3, 0.4) is 0 Å². The Hall–Kier alpha value is -1.22. The summed E-state index contributed by atoms with van der Waals surface area (Å²) in [5.41, 5.74) is 5.11. The number of thioether (sulfide) groups is 1. The fourth-order valence-electron chi connectivity index (χ4n) is 2.80. The minimum Gasteiger partial charge on any atom is -0.508 e. The Morgan fingerprint density at radius 1 is 1.13 bits per heavy atom. The van der Waals surface area contributed by atoms with Crippen LogP contribution in [-0.2, 0) is 17.1 Å². The van der Waals surface area contributed by atoms with E-state index >= 15 is 0 Å². The molecule has 3 nitrogen and oxygen atoms in total.